The molecule has 0 fully saturated rings. The summed E-state index contributed by atoms with van der Waals surface area (Å²) in [6.45, 7) is 0. The van der Waals surface area contributed by atoms with Crippen LogP contribution < -0.4 is 14.6 Å². The molecule has 0 saturated carbocycles. The topological polar surface area (TPSA) is 122 Å². The van der Waals surface area contributed by atoms with Gasteiger partial charge in [-0.05, 0) is 28.1 Å². The molecule has 28 heavy (non-hydrogen) atoms. The molecular weight excluding hydrogens is 471 g/mol. The van der Waals surface area contributed by atoms with Gasteiger partial charge in [-0.1, -0.05) is 0 Å². The molecule has 9 nitrogen and oxygen atoms in total. The Kier molecular flexibility index (Phi) is 4.97. The molecule has 2 heterocycles. The summed E-state index contributed by atoms with van der Waals surface area (Å²) in [4.78, 5) is 7.05. The van der Waals surface area contributed by atoms with Crippen molar-refractivity contribution >= 4 is 31.6 Å². The molecule has 0 spiro atoms. The average molecular weight is 482 g/mol. The highest BCUT2D eigenvalue weighted by atomic mass is 79.9. The lowest BCUT2D eigenvalue weighted by atomic mass is 10.1. The van der Waals surface area contributed by atoms with Gasteiger partial charge < -0.3 is 9.47 Å². The summed E-state index contributed by atoms with van der Waals surface area (Å²) >= 11 is 2.90. The van der Waals surface area contributed by atoms with Crippen LogP contribution in [0.2, 0.25) is 0 Å². The van der Waals surface area contributed by atoms with Crippen molar-refractivity contribution in [2.75, 3.05) is 14.2 Å². The van der Waals surface area contributed by atoms with Gasteiger partial charge in [0.1, 0.15) is 4.90 Å². The number of hydrogen-bond donors (Lipinski definition) is 1. The molecular formula is C14H11BrF3N5O4S. The average Bonchev–Trinajstić information content (AvgIpc) is 3.03. The number of halogens is 4. The Labute approximate surface area is 164 Å². The normalized spacial score (nSPS) is 12.4. The minimum absolute atomic E-state index is 0.0317. The molecule has 0 saturated heterocycles. The number of ether oxygens (including phenoxy) is 2. The van der Waals surface area contributed by atoms with E-state index in [0.29, 0.717) is 6.07 Å². The lowest BCUT2D eigenvalue weighted by molar-refractivity contribution is -0.139. The first-order valence-corrected chi connectivity index (χ1v) is 9.59. The number of hydrogen-bond acceptors (Lipinski definition) is 7. The second-order valence-electron chi connectivity index (χ2n) is 5.33. The zero-order valence-corrected chi connectivity index (χ0v) is 16.6. The van der Waals surface area contributed by atoms with E-state index in [9.17, 15) is 21.6 Å². The number of nitrogens with two attached hydrogens (primary N) is 1. The summed E-state index contributed by atoms with van der Waals surface area (Å²) < 4.78 is 74.3. The van der Waals surface area contributed by atoms with Crippen LogP contribution in [0, 0.1) is 0 Å². The maximum absolute atomic E-state index is 13.2. The van der Waals surface area contributed by atoms with E-state index in [1.54, 1.807) is 0 Å². The van der Waals surface area contributed by atoms with E-state index in [2.05, 4.69) is 31.0 Å². The number of primary sulfonamides is 1. The molecule has 0 aliphatic carbocycles. The lowest BCUT2D eigenvalue weighted by Crippen LogP contribution is -2.20. The molecule has 2 aromatic heterocycles. The van der Waals surface area contributed by atoms with Gasteiger partial charge in [0.2, 0.25) is 15.7 Å². The van der Waals surface area contributed by atoms with Crippen LogP contribution in [0.15, 0.2) is 27.7 Å². The van der Waals surface area contributed by atoms with E-state index in [1.165, 1.54) is 20.4 Å². The quantitative estimate of drug-likeness (QED) is 0.606. The SMILES string of the molecule is COc1cnc(OC)n2nc(-c3ccc(C(F)(F)F)c(S(N)(=O)=O)c3Br)nc12. The third-order valence-electron chi connectivity index (χ3n) is 3.63. The number of benzene rings is 1. The van der Waals surface area contributed by atoms with Gasteiger partial charge in [-0.3, -0.25) is 0 Å². The molecule has 3 aromatic rings. The van der Waals surface area contributed by atoms with Crippen LogP contribution in [-0.2, 0) is 16.2 Å². The zero-order valence-electron chi connectivity index (χ0n) is 14.2. The summed E-state index contributed by atoms with van der Waals surface area (Å²) in [5.74, 6) is 0.115. The summed E-state index contributed by atoms with van der Waals surface area (Å²) in [6.07, 6.45) is -3.62. The predicted octanol–water partition coefficient (Wildman–Crippen LogP) is 2.24. The summed E-state index contributed by atoms with van der Waals surface area (Å²) in [5.41, 5.74) is -1.29. The van der Waals surface area contributed by atoms with Crippen molar-refractivity contribution < 1.29 is 31.1 Å². The molecule has 2 N–H and O–H groups in total. The second-order valence-corrected chi connectivity index (χ2v) is 7.62. The maximum Gasteiger partial charge on any atom is 0.417 e. The Morgan fingerprint density at radius 2 is 1.89 bits per heavy atom. The maximum atomic E-state index is 13.2. The highest BCUT2D eigenvalue weighted by molar-refractivity contribution is 9.10. The summed E-state index contributed by atoms with van der Waals surface area (Å²) in [5, 5.41) is 9.14. The monoisotopic (exact) mass is 481 g/mol. The highest BCUT2D eigenvalue weighted by Crippen LogP contribution is 2.41. The standard InChI is InChI=1S/C14H11BrF3N5O4S/c1-26-8-5-20-13(27-2)23-12(8)21-11(22-23)6-3-4-7(14(16,17)18)10(9(6)15)28(19,24)25/h3-5H,1-2H3,(H2,19,24,25). The van der Waals surface area contributed by atoms with Crippen molar-refractivity contribution in [3.8, 4) is 23.1 Å². The molecule has 150 valence electrons. The van der Waals surface area contributed by atoms with Crippen molar-refractivity contribution in [1.29, 1.82) is 0 Å². The number of alkyl halides is 3. The first-order valence-electron chi connectivity index (χ1n) is 7.25. The van der Waals surface area contributed by atoms with Crippen LogP contribution in [0.1, 0.15) is 5.56 Å². The minimum atomic E-state index is -4.94. The molecule has 0 aliphatic rings. The number of rotatable bonds is 4. The number of sulfonamides is 1. The molecule has 0 radical (unpaired) electrons. The fraction of sp³-hybridized carbons (Fsp3) is 0.214. The van der Waals surface area contributed by atoms with E-state index in [1.807, 2.05) is 0 Å². The van der Waals surface area contributed by atoms with Gasteiger partial charge in [0.05, 0.1) is 26.0 Å². The van der Waals surface area contributed by atoms with E-state index in [4.69, 9.17) is 14.6 Å². The smallest absolute Gasteiger partial charge is 0.417 e. The minimum Gasteiger partial charge on any atom is -0.491 e. The lowest BCUT2D eigenvalue weighted by Gasteiger charge is -2.14. The van der Waals surface area contributed by atoms with Gasteiger partial charge in [-0.15, -0.1) is 5.10 Å². The number of fused-ring (bicyclic) bond motifs is 1. The second kappa shape index (κ2) is 6.86. The molecule has 0 bridgehead atoms. The van der Waals surface area contributed by atoms with Crippen LogP contribution in [0.4, 0.5) is 13.2 Å². The molecule has 3 rings (SSSR count). The molecule has 0 aliphatic heterocycles. The predicted molar refractivity (Wildman–Crippen MR) is 93.4 cm³/mol. The van der Waals surface area contributed by atoms with E-state index in [-0.39, 0.29) is 28.8 Å². The van der Waals surface area contributed by atoms with Crippen LogP contribution in [-0.4, -0.2) is 42.2 Å². The van der Waals surface area contributed by atoms with Crippen molar-refractivity contribution in [3.63, 3.8) is 0 Å². The van der Waals surface area contributed by atoms with Gasteiger partial charge >= 0.3 is 12.2 Å². The Balaban J connectivity index is 2.34. The van der Waals surface area contributed by atoms with Crippen molar-refractivity contribution in [2.45, 2.75) is 11.1 Å². The van der Waals surface area contributed by atoms with Crippen LogP contribution in [0.25, 0.3) is 17.0 Å². The summed E-state index contributed by atoms with van der Waals surface area (Å²) in [7, 11) is -2.02. The molecule has 0 amide bonds. The first kappa shape index (κ1) is 20.3. The molecule has 0 atom stereocenters. The van der Waals surface area contributed by atoms with Gasteiger partial charge in [0.25, 0.3) is 0 Å². The van der Waals surface area contributed by atoms with Crippen LogP contribution >= 0.6 is 15.9 Å². The van der Waals surface area contributed by atoms with Crippen molar-refractivity contribution in [3.05, 3.63) is 28.4 Å². The van der Waals surface area contributed by atoms with E-state index in [0.717, 1.165) is 10.6 Å². The fourth-order valence-electron chi connectivity index (χ4n) is 2.46. The van der Waals surface area contributed by atoms with Crippen molar-refractivity contribution in [2.24, 2.45) is 5.14 Å². The highest BCUT2D eigenvalue weighted by Gasteiger charge is 2.38. The van der Waals surface area contributed by atoms with Gasteiger partial charge in [0, 0.05) is 10.0 Å². The zero-order chi connectivity index (χ0) is 20.9. The number of nitrogens with zero attached hydrogens (tertiary/aromatic N) is 4. The third-order valence-corrected chi connectivity index (χ3v) is 5.71. The number of methoxy groups -OCH3 is 2. The third kappa shape index (κ3) is 3.38. The summed E-state index contributed by atoms with van der Waals surface area (Å²) in [6, 6.07) is 1.66. The Morgan fingerprint density at radius 3 is 2.43 bits per heavy atom. The Morgan fingerprint density at radius 1 is 1.21 bits per heavy atom. The largest absolute Gasteiger partial charge is 0.491 e. The van der Waals surface area contributed by atoms with Crippen molar-refractivity contribution in [1.82, 2.24) is 19.6 Å². The van der Waals surface area contributed by atoms with Gasteiger partial charge in [-0.2, -0.15) is 22.7 Å². The molecule has 0 unspecified atom stereocenters. The Hall–Kier alpha value is -2.45. The molecule has 14 heteroatoms. The van der Waals surface area contributed by atoms with E-state index < -0.39 is 31.1 Å². The van der Waals surface area contributed by atoms with Crippen LogP contribution in [0.5, 0.6) is 11.8 Å². The molecule has 1 aromatic carbocycles. The van der Waals surface area contributed by atoms with Gasteiger partial charge in [-0.25, -0.2) is 18.5 Å². The Bertz CT molecular complexity index is 1140. The van der Waals surface area contributed by atoms with Gasteiger partial charge in [0.15, 0.2) is 11.6 Å². The van der Waals surface area contributed by atoms with E-state index >= 15 is 0 Å². The first-order chi connectivity index (χ1) is 13.0. The fourth-order valence-corrected chi connectivity index (χ4v) is 4.51. The number of aromatic nitrogens is 4. The van der Waals surface area contributed by atoms with Crippen LogP contribution in [0.3, 0.4) is 0 Å².